The van der Waals surface area contributed by atoms with E-state index in [2.05, 4.69) is 46.8 Å². The monoisotopic (exact) mass is 356 g/mol. The average molecular weight is 357 g/mol. The number of amides is 1. The van der Waals surface area contributed by atoms with Gasteiger partial charge >= 0.3 is 0 Å². The Kier molecular flexibility index (Phi) is 6.65. The Morgan fingerprint density at radius 1 is 1.20 bits per heavy atom. The molecule has 1 amide bonds. The number of hydrogen-bond acceptors (Lipinski definition) is 3. The standard InChI is InChI=1S/C21H28N2OS/c1-2-20(18-7-4-3-5-8-18)21(24)22-15-17-10-12-23(13-11-17)16-19-9-6-14-25-19/h3-9,14,17,20H,2,10-13,15-16H2,1H3,(H,22,24). The molecule has 0 aliphatic carbocycles. The highest BCUT2D eigenvalue weighted by molar-refractivity contribution is 7.09. The highest BCUT2D eigenvalue weighted by Gasteiger charge is 2.22. The van der Waals surface area contributed by atoms with Gasteiger partial charge in [0.1, 0.15) is 0 Å². The molecule has 3 rings (SSSR count). The second-order valence-electron chi connectivity index (χ2n) is 6.92. The molecule has 4 heteroatoms. The summed E-state index contributed by atoms with van der Waals surface area (Å²) in [6.45, 7) is 6.24. The maximum absolute atomic E-state index is 12.6. The number of nitrogens with zero attached hydrogens (tertiary/aromatic N) is 1. The summed E-state index contributed by atoms with van der Waals surface area (Å²) in [5, 5.41) is 5.35. The fraction of sp³-hybridized carbons (Fsp3) is 0.476. The number of carbonyl (C=O) groups excluding carboxylic acids is 1. The van der Waals surface area contributed by atoms with Crippen LogP contribution in [-0.4, -0.2) is 30.4 Å². The molecule has 1 saturated heterocycles. The molecular weight excluding hydrogens is 328 g/mol. The Morgan fingerprint density at radius 3 is 2.60 bits per heavy atom. The zero-order chi connectivity index (χ0) is 17.5. The third kappa shape index (κ3) is 5.16. The van der Waals surface area contributed by atoms with Gasteiger partial charge in [-0.2, -0.15) is 0 Å². The third-order valence-corrected chi connectivity index (χ3v) is 6.02. The molecule has 1 aliphatic heterocycles. The van der Waals surface area contributed by atoms with Crippen molar-refractivity contribution in [2.24, 2.45) is 5.92 Å². The van der Waals surface area contributed by atoms with Gasteiger partial charge in [-0.05, 0) is 55.3 Å². The third-order valence-electron chi connectivity index (χ3n) is 5.16. The van der Waals surface area contributed by atoms with Crippen molar-refractivity contribution in [3.8, 4) is 0 Å². The molecule has 1 N–H and O–H groups in total. The van der Waals surface area contributed by atoms with Crippen molar-refractivity contribution in [1.29, 1.82) is 0 Å². The van der Waals surface area contributed by atoms with Crippen LogP contribution >= 0.6 is 11.3 Å². The van der Waals surface area contributed by atoms with Gasteiger partial charge in [0.25, 0.3) is 0 Å². The largest absolute Gasteiger partial charge is 0.355 e. The summed E-state index contributed by atoms with van der Waals surface area (Å²) in [7, 11) is 0. The summed E-state index contributed by atoms with van der Waals surface area (Å²) in [4.78, 5) is 16.5. The molecule has 0 saturated carbocycles. The van der Waals surface area contributed by atoms with Crippen LogP contribution in [0, 0.1) is 5.92 Å². The van der Waals surface area contributed by atoms with E-state index in [9.17, 15) is 4.79 Å². The summed E-state index contributed by atoms with van der Waals surface area (Å²) in [5.41, 5.74) is 1.12. The number of benzene rings is 1. The molecule has 1 aliphatic rings. The van der Waals surface area contributed by atoms with E-state index in [1.54, 1.807) is 0 Å². The van der Waals surface area contributed by atoms with E-state index in [-0.39, 0.29) is 11.8 Å². The van der Waals surface area contributed by atoms with E-state index in [4.69, 9.17) is 0 Å². The number of carbonyl (C=O) groups is 1. The zero-order valence-corrected chi connectivity index (χ0v) is 15.8. The quantitative estimate of drug-likeness (QED) is 0.803. The SMILES string of the molecule is CCC(C(=O)NCC1CCN(Cc2cccs2)CC1)c1ccccc1. The number of thiophene rings is 1. The van der Waals surface area contributed by atoms with Crippen molar-refractivity contribution in [3.63, 3.8) is 0 Å². The summed E-state index contributed by atoms with van der Waals surface area (Å²) in [5.74, 6) is 0.756. The summed E-state index contributed by atoms with van der Waals surface area (Å²) < 4.78 is 0. The predicted molar refractivity (Wildman–Crippen MR) is 105 cm³/mol. The molecule has 2 aromatic rings. The summed E-state index contributed by atoms with van der Waals surface area (Å²) in [6.07, 6.45) is 3.19. The van der Waals surface area contributed by atoms with Crippen molar-refractivity contribution < 1.29 is 4.79 Å². The van der Waals surface area contributed by atoms with Crippen LogP contribution in [0.4, 0.5) is 0 Å². The van der Waals surface area contributed by atoms with E-state index in [1.807, 2.05) is 29.5 Å². The Balaban J connectivity index is 1.42. The fourth-order valence-corrected chi connectivity index (χ4v) is 4.34. The summed E-state index contributed by atoms with van der Waals surface area (Å²) in [6, 6.07) is 14.5. The highest BCUT2D eigenvalue weighted by Crippen LogP contribution is 2.22. The lowest BCUT2D eigenvalue weighted by Gasteiger charge is -2.32. The Bertz CT molecular complexity index is 633. The average Bonchev–Trinajstić information content (AvgIpc) is 3.16. The van der Waals surface area contributed by atoms with E-state index < -0.39 is 0 Å². The van der Waals surface area contributed by atoms with Gasteiger partial charge in [0.15, 0.2) is 0 Å². The topological polar surface area (TPSA) is 32.3 Å². The minimum Gasteiger partial charge on any atom is -0.355 e. The van der Waals surface area contributed by atoms with Gasteiger partial charge in [0.05, 0.1) is 5.92 Å². The molecule has 25 heavy (non-hydrogen) atoms. The molecule has 0 spiro atoms. The minimum atomic E-state index is -0.0277. The van der Waals surface area contributed by atoms with Crippen LogP contribution < -0.4 is 5.32 Å². The number of likely N-dealkylation sites (tertiary alicyclic amines) is 1. The molecule has 1 fully saturated rings. The van der Waals surface area contributed by atoms with Crippen molar-refractivity contribution >= 4 is 17.2 Å². The van der Waals surface area contributed by atoms with Crippen molar-refractivity contribution in [1.82, 2.24) is 10.2 Å². The van der Waals surface area contributed by atoms with Gasteiger partial charge in [0.2, 0.25) is 5.91 Å². The molecule has 1 aromatic heterocycles. The zero-order valence-electron chi connectivity index (χ0n) is 15.0. The number of rotatable bonds is 7. The van der Waals surface area contributed by atoms with Gasteiger partial charge in [-0.15, -0.1) is 11.3 Å². The van der Waals surface area contributed by atoms with Crippen LogP contribution in [0.5, 0.6) is 0 Å². The Labute approximate surface area is 155 Å². The van der Waals surface area contributed by atoms with E-state index in [1.165, 1.54) is 17.7 Å². The molecule has 1 aromatic carbocycles. The van der Waals surface area contributed by atoms with Crippen molar-refractivity contribution in [2.75, 3.05) is 19.6 Å². The Hall–Kier alpha value is -1.65. The number of nitrogens with one attached hydrogen (secondary N) is 1. The molecule has 0 bridgehead atoms. The van der Waals surface area contributed by atoms with Gasteiger partial charge < -0.3 is 5.32 Å². The minimum absolute atomic E-state index is 0.0277. The molecule has 3 nitrogen and oxygen atoms in total. The van der Waals surface area contributed by atoms with Gasteiger partial charge in [0, 0.05) is 18.0 Å². The van der Waals surface area contributed by atoms with E-state index >= 15 is 0 Å². The smallest absolute Gasteiger partial charge is 0.227 e. The first-order valence-electron chi connectivity index (χ1n) is 9.33. The lowest BCUT2D eigenvalue weighted by Crippen LogP contribution is -2.39. The Morgan fingerprint density at radius 2 is 1.96 bits per heavy atom. The van der Waals surface area contributed by atoms with Crippen LogP contribution in [0.2, 0.25) is 0 Å². The molecule has 134 valence electrons. The normalized spacial score (nSPS) is 17.3. The maximum Gasteiger partial charge on any atom is 0.227 e. The van der Waals surface area contributed by atoms with Gasteiger partial charge in [-0.25, -0.2) is 0 Å². The van der Waals surface area contributed by atoms with Crippen LogP contribution in [-0.2, 0) is 11.3 Å². The lowest BCUT2D eigenvalue weighted by molar-refractivity contribution is -0.122. The van der Waals surface area contributed by atoms with Crippen LogP contribution in [0.1, 0.15) is 42.5 Å². The van der Waals surface area contributed by atoms with Crippen molar-refractivity contribution in [2.45, 2.75) is 38.6 Å². The fourth-order valence-electron chi connectivity index (χ4n) is 3.60. The molecule has 1 unspecified atom stereocenters. The van der Waals surface area contributed by atoms with Gasteiger partial charge in [-0.1, -0.05) is 43.3 Å². The van der Waals surface area contributed by atoms with Gasteiger partial charge in [-0.3, -0.25) is 9.69 Å². The van der Waals surface area contributed by atoms with Crippen LogP contribution in [0.3, 0.4) is 0 Å². The highest BCUT2D eigenvalue weighted by atomic mass is 32.1. The van der Waals surface area contributed by atoms with Crippen LogP contribution in [0.25, 0.3) is 0 Å². The first-order valence-corrected chi connectivity index (χ1v) is 10.2. The first-order chi connectivity index (χ1) is 12.3. The molecule has 0 radical (unpaired) electrons. The second-order valence-corrected chi connectivity index (χ2v) is 7.95. The molecule has 2 heterocycles. The lowest BCUT2D eigenvalue weighted by atomic mass is 9.94. The second kappa shape index (κ2) is 9.16. The van der Waals surface area contributed by atoms with E-state index in [0.29, 0.717) is 5.92 Å². The number of hydrogen-bond donors (Lipinski definition) is 1. The molecule has 1 atom stereocenters. The van der Waals surface area contributed by atoms with Crippen molar-refractivity contribution in [3.05, 3.63) is 58.3 Å². The van der Waals surface area contributed by atoms with Crippen LogP contribution in [0.15, 0.2) is 47.8 Å². The predicted octanol–water partition coefficient (Wildman–Crippen LogP) is 4.27. The first kappa shape index (κ1) is 18.2. The maximum atomic E-state index is 12.6. The molecular formula is C21H28N2OS. The van der Waals surface area contributed by atoms with E-state index in [0.717, 1.165) is 38.2 Å². The summed E-state index contributed by atoms with van der Waals surface area (Å²) >= 11 is 1.84. The number of piperidine rings is 1.